The smallest absolute Gasteiger partial charge is 0.189 e. The second-order valence-electron chi connectivity index (χ2n) is 4.24. The van der Waals surface area contributed by atoms with Gasteiger partial charge in [-0.1, -0.05) is 23.2 Å². The first kappa shape index (κ1) is 13.8. The standard InChI is InChI=1S/C13H8Cl2FN5/c14-7-1-4-12(10(15)5-7)21-13(18-19-20-21)9-6-8(16)2-3-11(9)17/h1-6H,17H2. The van der Waals surface area contributed by atoms with Crippen LogP contribution >= 0.6 is 23.2 Å². The SMILES string of the molecule is Nc1ccc(F)cc1-c1nnnn1-c1ccc(Cl)cc1Cl. The molecule has 2 aromatic carbocycles. The van der Waals surface area contributed by atoms with Crippen LogP contribution in [0.25, 0.3) is 17.1 Å². The van der Waals surface area contributed by atoms with Gasteiger partial charge in [0.1, 0.15) is 5.82 Å². The molecule has 8 heteroatoms. The number of rotatable bonds is 2. The van der Waals surface area contributed by atoms with Gasteiger partial charge < -0.3 is 5.73 Å². The van der Waals surface area contributed by atoms with E-state index in [4.69, 9.17) is 28.9 Å². The van der Waals surface area contributed by atoms with Crippen molar-refractivity contribution in [3.05, 3.63) is 52.3 Å². The molecule has 0 aliphatic rings. The van der Waals surface area contributed by atoms with Crippen molar-refractivity contribution in [2.75, 3.05) is 5.73 Å². The van der Waals surface area contributed by atoms with E-state index in [1.54, 1.807) is 18.2 Å². The lowest BCUT2D eigenvalue weighted by Crippen LogP contribution is -2.02. The molecule has 0 saturated heterocycles. The van der Waals surface area contributed by atoms with Crippen molar-refractivity contribution in [2.24, 2.45) is 0 Å². The van der Waals surface area contributed by atoms with Gasteiger partial charge in [0, 0.05) is 16.3 Å². The summed E-state index contributed by atoms with van der Waals surface area (Å²) in [6.45, 7) is 0. The zero-order valence-electron chi connectivity index (χ0n) is 10.5. The van der Waals surface area contributed by atoms with Crippen LogP contribution in [0.2, 0.25) is 10.0 Å². The highest BCUT2D eigenvalue weighted by Crippen LogP contribution is 2.29. The highest BCUT2D eigenvalue weighted by atomic mass is 35.5. The summed E-state index contributed by atoms with van der Waals surface area (Å²) >= 11 is 12.0. The van der Waals surface area contributed by atoms with E-state index < -0.39 is 5.82 Å². The molecule has 21 heavy (non-hydrogen) atoms. The summed E-state index contributed by atoms with van der Waals surface area (Å²) in [5.41, 5.74) is 7.12. The molecule has 0 unspecified atom stereocenters. The molecule has 0 spiro atoms. The van der Waals surface area contributed by atoms with Crippen LogP contribution in [0.5, 0.6) is 0 Å². The molecule has 3 aromatic rings. The molecular weight excluding hydrogens is 316 g/mol. The van der Waals surface area contributed by atoms with Crippen molar-refractivity contribution in [3.63, 3.8) is 0 Å². The summed E-state index contributed by atoms with van der Waals surface area (Å²) < 4.78 is 14.8. The minimum Gasteiger partial charge on any atom is -0.398 e. The highest BCUT2D eigenvalue weighted by Gasteiger charge is 2.16. The van der Waals surface area contributed by atoms with Crippen LogP contribution < -0.4 is 5.73 Å². The van der Waals surface area contributed by atoms with Crippen LogP contribution in [0.15, 0.2) is 36.4 Å². The number of anilines is 1. The van der Waals surface area contributed by atoms with E-state index in [2.05, 4.69) is 15.5 Å². The molecule has 3 rings (SSSR count). The van der Waals surface area contributed by atoms with Crippen LogP contribution in [0.1, 0.15) is 0 Å². The second-order valence-corrected chi connectivity index (χ2v) is 5.09. The van der Waals surface area contributed by atoms with Gasteiger partial charge in [-0.3, -0.25) is 0 Å². The van der Waals surface area contributed by atoms with Gasteiger partial charge in [0.05, 0.1) is 10.7 Å². The predicted octanol–water partition coefficient (Wildman–Crippen LogP) is 3.36. The van der Waals surface area contributed by atoms with E-state index >= 15 is 0 Å². The molecule has 0 saturated carbocycles. The van der Waals surface area contributed by atoms with Crippen LogP contribution in [-0.4, -0.2) is 20.2 Å². The molecule has 2 N–H and O–H groups in total. The van der Waals surface area contributed by atoms with Gasteiger partial charge in [-0.15, -0.1) is 5.10 Å². The fraction of sp³-hybridized carbons (Fsp3) is 0. The topological polar surface area (TPSA) is 69.6 Å². The number of nitrogen functional groups attached to an aromatic ring is 1. The Morgan fingerprint density at radius 2 is 1.90 bits per heavy atom. The first-order valence-electron chi connectivity index (χ1n) is 5.85. The molecule has 1 aromatic heterocycles. The van der Waals surface area contributed by atoms with Gasteiger partial charge in [0.15, 0.2) is 5.82 Å². The summed E-state index contributed by atoms with van der Waals surface area (Å²) in [4.78, 5) is 0. The Hall–Kier alpha value is -2.18. The maximum absolute atomic E-state index is 13.4. The normalized spacial score (nSPS) is 10.8. The van der Waals surface area contributed by atoms with E-state index in [9.17, 15) is 4.39 Å². The molecule has 0 fully saturated rings. The third-order valence-corrected chi connectivity index (χ3v) is 3.40. The Morgan fingerprint density at radius 3 is 2.67 bits per heavy atom. The Labute approximate surface area is 129 Å². The van der Waals surface area contributed by atoms with Crippen LogP contribution in [-0.2, 0) is 0 Å². The lowest BCUT2D eigenvalue weighted by Gasteiger charge is -2.08. The van der Waals surface area contributed by atoms with Crippen molar-refractivity contribution in [3.8, 4) is 17.1 Å². The molecule has 0 radical (unpaired) electrons. The number of hydrogen-bond acceptors (Lipinski definition) is 4. The number of tetrazole rings is 1. The summed E-state index contributed by atoms with van der Waals surface area (Å²) in [5.74, 6) is -0.146. The molecule has 1 heterocycles. The Balaban J connectivity index is 2.19. The molecule has 0 amide bonds. The van der Waals surface area contributed by atoms with Crippen molar-refractivity contribution in [1.29, 1.82) is 0 Å². The van der Waals surface area contributed by atoms with Crippen molar-refractivity contribution >= 4 is 28.9 Å². The molecule has 0 aliphatic heterocycles. The number of hydrogen-bond donors (Lipinski definition) is 1. The van der Waals surface area contributed by atoms with Gasteiger partial charge in [-0.05, 0) is 46.8 Å². The molecule has 0 atom stereocenters. The van der Waals surface area contributed by atoms with Gasteiger partial charge in [-0.2, -0.15) is 4.68 Å². The first-order valence-corrected chi connectivity index (χ1v) is 6.61. The monoisotopic (exact) mass is 323 g/mol. The number of benzene rings is 2. The Kier molecular flexibility index (Phi) is 3.48. The summed E-state index contributed by atoms with van der Waals surface area (Å²) in [5, 5.41) is 12.2. The van der Waals surface area contributed by atoms with Gasteiger partial charge >= 0.3 is 0 Å². The maximum Gasteiger partial charge on any atom is 0.189 e. The van der Waals surface area contributed by atoms with Gasteiger partial charge in [-0.25, -0.2) is 4.39 Å². The molecule has 0 aliphatic carbocycles. The zero-order chi connectivity index (χ0) is 15.0. The van der Waals surface area contributed by atoms with Crippen molar-refractivity contribution < 1.29 is 4.39 Å². The molecular formula is C13H8Cl2FN5. The Morgan fingerprint density at radius 1 is 1.10 bits per heavy atom. The van der Waals surface area contributed by atoms with E-state index in [0.29, 0.717) is 27.0 Å². The summed E-state index contributed by atoms with van der Waals surface area (Å²) in [7, 11) is 0. The number of halogens is 3. The molecule has 5 nitrogen and oxygen atoms in total. The average molecular weight is 324 g/mol. The van der Waals surface area contributed by atoms with E-state index in [1.165, 1.54) is 22.9 Å². The first-order chi connectivity index (χ1) is 10.1. The van der Waals surface area contributed by atoms with Gasteiger partial charge in [0.2, 0.25) is 0 Å². The fourth-order valence-corrected chi connectivity index (χ4v) is 2.38. The lowest BCUT2D eigenvalue weighted by molar-refractivity contribution is 0.628. The number of aromatic nitrogens is 4. The van der Waals surface area contributed by atoms with Crippen molar-refractivity contribution in [2.45, 2.75) is 0 Å². The summed E-state index contributed by atoms with van der Waals surface area (Å²) in [6.07, 6.45) is 0. The van der Waals surface area contributed by atoms with E-state index in [-0.39, 0.29) is 5.82 Å². The number of nitrogens with zero attached hydrogens (tertiary/aromatic N) is 4. The third kappa shape index (κ3) is 2.55. The van der Waals surface area contributed by atoms with E-state index in [1.807, 2.05) is 0 Å². The number of nitrogens with two attached hydrogens (primary N) is 1. The second kappa shape index (κ2) is 5.31. The fourth-order valence-electron chi connectivity index (χ4n) is 1.89. The lowest BCUT2D eigenvalue weighted by atomic mass is 10.1. The molecule has 0 bridgehead atoms. The van der Waals surface area contributed by atoms with Crippen LogP contribution in [0.3, 0.4) is 0 Å². The maximum atomic E-state index is 13.4. The highest BCUT2D eigenvalue weighted by molar-refractivity contribution is 6.35. The average Bonchev–Trinajstić information content (AvgIpc) is 2.90. The zero-order valence-corrected chi connectivity index (χ0v) is 12.0. The van der Waals surface area contributed by atoms with Crippen LogP contribution in [0, 0.1) is 5.82 Å². The minimum atomic E-state index is -0.434. The quantitative estimate of drug-likeness (QED) is 0.734. The Bertz CT molecular complexity index is 818. The van der Waals surface area contributed by atoms with Crippen LogP contribution in [0.4, 0.5) is 10.1 Å². The van der Waals surface area contributed by atoms with Crippen molar-refractivity contribution in [1.82, 2.24) is 20.2 Å². The largest absolute Gasteiger partial charge is 0.398 e. The van der Waals surface area contributed by atoms with Gasteiger partial charge in [0.25, 0.3) is 0 Å². The predicted molar refractivity (Wildman–Crippen MR) is 79.0 cm³/mol. The summed E-state index contributed by atoms with van der Waals surface area (Å²) in [6, 6.07) is 8.87. The van der Waals surface area contributed by atoms with E-state index in [0.717, 1.165) is 0 Å². The molecule has 106 valence electrons. The minimum absolute atomic E-state index is 0.288. The third-order valence-electron chi connectivity index (χ3n) is 2.86.